The minimum absolute atomic E-state index is 0.0795. The van der Waals surface area contributed by atoms with Crippen LogP contribution in [0.5, 0.6) is 0 Å². The average Bonchev–Trinajstić information content (AvgIpc) is 3.40. The molecule has 138 valence electrons. The average molecular weight is 382 g/mol. The highest BCUT2D eigenvalue weighted by Crippen LogP contribution is 2.36. The standard InChI is InChI=1S/C20H18N2O4S/c1-12-10-22(11-14(12)20(24)25)19(23)17-16(13-6-3-2-4-7-13)21-18(27-17)15-8-5-9-26-15/h2-9,12,14H,10-11H2,1H3,(H,24,25)/t12-,14-/m1/s1. The molecule has 1 fully saturated rings. The highest BCUT2D eigenvalue weighted by atomic mass is 32.1. The minimum Gasteiger partial charge on any atom is -0.481 e. The maximum Gasteiger partial charge on any atom is 0.308 e. The van der Waals surface area contributed by atoms with Crippen LogP contribution >= 0.6 is 11.3 Å². The van der Waals surface area contributed by atoms with Gasteiger partial charge in [-0.1, -0.05) is 37.3 Å². The largest absolute Gasteiger partial charge is 0.481 e. The fraction of sp³-hybridized carbons (Fsp3) is 0.250. The predicted molar refractivity (Wildman–Crippen MR) is 101 cm³/mol. The SMILES string of the molecule is C[C@@H]1CN(C(=O)c2sc(-c3ccco3)nc2-c2ccccc2)C[C@H]1C(=O)O. The number of aliphatic carboxylic acids is 1. The number of likely N-dealkylation sites (tertiary alicyclic amines) is 1. The molecule has 1 aliphatic heterocycles. The Morgan fingerprint density at radius 3 is 2.59 bits per heavy atom. The molecule has 0 spiro atoms. The van der Waals surface area contributed by atoms with Crippen LogP contribution in [0.3, 0.4) is 0 Å². The van der Waals surface area contributed by atoms with Gasteiger partial charge in [0, 0.05) is 18.7 Å². The molecule has 4 rings (SSSR count). The number of rotatable bonds is 4. The van der Waals surface area contributed by atoms with E-state index in [1.54, 1.807) is 23.3 Å². The second kappa shape index (κ2) is 7.00. The molecule has 27 heavy (non-hydrogen) atoms. The zero-order chi connectivity index (χ0) is 19.0. The van der Waals surface area contributed by atoms with Crippen LogP contribution in [0.25, 0.3) is 22.0 Å². The summed E-state index contributed by atoms with van der Waals surface area (Å²) in [6.07, 6.45) is 1.57. The first-order valence-corrected chi connectivity index (χ1v) is 9.48. The van der Waals surface area contributed by atoms with Gasteiger partial charge in [-0.3, -0.25) is 9.59 Å². The predicted octanol–water partition coefficient (Wildman–Crippen LogP) is 3.86. The second-order valence-corrected chi connectivity index (χ2v) is 7.67. The van der Waals surface area contributed by atoms with Gasteiger partial charge in [0.15, 0.2) is 10.8 Å². The molecule has 0 bridgehead atoms. The van der Waals surface area contributed by atoms with Crippen molar-refractivity contribution in [3.05, 3.63) is 53.6 Å². The van der Waals surface area contributed by atoms with E-state index in [0.29, 0.717) is 27.9 Å². The van der Waals surface area contributed by atoms with Crippen LogP contribution in [0.15, 0.2) is 53.1 Å². The van der Waals surface area contributed by atoms with Crippen LogP contribution in [-0.2, 0) is 4.79 Å². The number of nitrogens with zero attached hydrogens (tertiary/aromatic N) is 2. The van der Waals surface area contributed by atoms with Crippen molar-refractivity contribution in [1.29, 1.82) is 0 Å². The molecule has 1 saturated heterocycles. The molecule has 6 nitrogen and oxygen atoms in total. The van der Waals surface area contributed by atoms with Gasteiger partial charge >= 0.3 is 5.97 Å². The van der Waals surface area contributed by atoms with Gasteiger partial charge in [0.2, 0.25) is 0 Å². The van der Waals surface area contributed by atoms with Gasteiger partial charge in [-0.05, 0) is 18.1 Å². The molecular formula is C20H18N2O4S. The monoisotopic (exact) mass is 382 g/mol. The van der Waals surface area contributed by atoms with E-state index >= 15 is 0 Å². The molecule has 0 saturated carbocycles. The third-order valence-electron chi connectivity index (χ3n) is 4.82. The number of carboxylic acid groups (broad SMARTS) is 1. The third kappa shape index (κ3) is 3.26. The number of carbonyl (C=O) groups excluding carboxylic acids is 1. The number of carboxylic acids is 1. The van der Waals surface area contributed by atoms with E-state index < -0.39 is 11.9 Å². The van der Waals surface area contributed by atoms with Crippen molar-refractivity contribution in [2.75, 3.05) is 13.1 Å². The van der Waals surface area contributed by atoms with Gasteiger partial charge in [0.1, 0.15) is 4.88 Å². The molecule has 3 aromatic rings. The Balaban J connectivity index is 1.73. The van der Waals surface area contributed by atoms with Crippen molar-refractivity contribution < 1.29 is 19.1 Å². The summed E-state index contributed by atoms with van der Waals surface area (Å²) < 4.78 is 5.44. The van der Waals surface area contributed by atoms with Crippen LogP contribution in [-0.4, -0.2) is 40.0 Å². The molecule has 0 radical (unpaired) electrons. The van der Waals surface area contributed by atoms with E-state index in [1.807, 2.05) is 37.3 Å². The fourth-order valence-electron chi connectivity index (χ4n) is 3.36. The van der Waals surface area contributed by atoms with Crippen LogP contribution in [0.1, 0.15) is 16.6 Å². The van der Waals surface area contributed by atoms with E-state index in [2.05, 4.69) is 4.98 Å². The summed E-state index contributed by atoms with van der Waals surface area (Å²) in [6.45, 7) is 2.51. The van der Waals surface area contributed by atoms with Crippen molar-refractivity contribution in [2.45, 2.75) is 6.92 Å². The molecule has 1 aromatic carbocycles. The number of furan rings is 1. The maximum atomic E-state index is 13.2. The Kier molecular flexibility index (Phi) is 4.53. The van der Waals surface area contributed by atoms with E-state index in [1.165, 1.54) is 11.3 Å². The van der Waals surface area contributed by atoms with Gasteiger partial charge in [-0.25, -0.2) is 4.98 Å². The molecule has 0 unspecified atom stereocenters. The van der Waals surface area contributed by atoms with Crippen molar-refractivity contribution in [2.24, 2.45) is 11.8 Å². The van der Waals surface area contributed by atoms with Crippen molar-refractivity contribution >= 4 is 23.2 Å². The lowest BCUT2D eigenvalue weighted by Gasteiger charge is -2.15. The van der Waals surface area contributed by atoms with Gasteiger partial charge in [0.05, 0.1) is 17.9 Å². The lowest BCUT2D eigenvalue weighted by molar-refractivity contribution is -0.142. The number of thiazole rings is 1. The van der Waals surface area contributed by atoms with Crippen LogP contribution < -0.4 is 0 Å². The normalized spacial score (nSPS) is 19.4. The third-order valence-corrected chi connectivity index (χ3v) is 5.88. The van der Waals surface area contributed by atoms with Crippen LogP contribution in [0.2, 0.25) is 0 Å². The quantitative estimate of drug-likeness (QED) is 0.741. The molecule has 3 heterocycles. The summed E-state index contributed by atoms with van der Waals surface area (Å²) in [6, 6.07) is 13.1. The van der Waals surface area contributed by atoms with Gasteiger partial charge in [-0.2, -0.15) is 0 Å². The Labute approximate surface area is 160 Å². The number of carbonyl (C=O) groups is 2. The van der Waals surface area contributed by atoms with Gasteiger partial charge < -0.3 is 14.4 Å². The van der Waals surface area contributed by atoms with Crippen LogP contribution in [0.4, 0.5) is 0 Å². The molecule has 1 N–H and O–H groups in total. The van der Waals surface area contributed by atoms with Gasteiger partial charge in [0.25, 0.3) is 5.91 Å². The first-order valence-electron chi connectivity index (χ1n) is 8.67. The van der Waals surface area contributed by atoms with Gasteiger partial charge in [-0.15, -0.1) is 11.3 Å². The molecular weight excluding hydrogens is 364 g/mol. The number of aromatic nitrogens is 1. The second-order valence-electron chi connectivity index (χ2n) is 6.67. The smallest absolute Gasteiger partial charge is 0.308 e. The van der Waals surface area contributed by atoms with E-state index in [9.17, 15) is 14.7 Å². The molecule has 0 aliphatic carbocycles. The molecule has 2 aromatic heterocycles. The molecule has 1 amide bonds. The number of amides is 1. The Morgan fingerprint density at radius 1 is 1.19 bits per heavy atom. The topological polar surface area (TPSA) is 83.6 Å². The summed E-state index contributed by atoms with van der Waals surface area (Å²) in [5, 5.41) is 9.98. The first kappa shape index (κ1) is 17.5. The summed E-state index contributed by atoms with van der Waals surface area (Å²) in [5.74, 6) is -1.05. The van der Waals surface area contributed by atoms with Crippen molar-refractivity contribution in [1.82, 2.24) is 9.88 Å². The molecule has 2 atom stereocenters. The van der Waals surface area contributed by atoms with E-state index in [4.69, 9.17) is 4.42 Å². The van der Waals surface area contributed by atoms with E-state index in [0.717, 1.165) is 5.56 Å². The summed E-state index contributed by atoms with van der Waals surface area (Å²) in [7, 11) is 0. The number of benzene rings is 1. The highest BCUT2D eigenvalue weighted by molar-refractivity contribution is 7.17. The van der Waals surface area contributed by atoms with E-state index in [-0.39, 0.29) is 18.4 Å². The Morgan fingerprint density at radius 2 is 1.96 bits per heavy atom. The zero-order valence-corrected chi connectivity index (χ0v) is 15.5. The summed E-state index contributed by atoms with van der Waals surface area (Å²) in [4.78, 5) is 31.4. The lowest BCUT2D eigenvalue weighted by atomic mass is 9.99. The molecule has 7 heteroatoms. The number of hydrogen-bond donors (Lipinski definition) is 1. The minimum atomic E-state index is -0.860. The summed E-state index contributed by atoms with van der Waals surface area (Å²) >= 11 is 1.27. The van der Waals surface area contributed by atoms with Crippen molar-refractivity contribution in [3.8, 4) is 22.0 Å². The first-order chi connectivity index (χ1) is 13.0. The Hall–Kier alpha value is -2.93. The highest BCUT2D eigenvalue weighted by Gasteiger charge is 2.38. The molecule has 1 aliphatic rings. The van der Waals surface area contributed by atoms with Crippen LogP contribution in [0, 0.1) is 11.8 Å². The Bertz CT molecular complexity index is 965. The maximum absolute atomic E-state index is 13.2. The zero-order valence-electron chi connectivity index (χ0n) is 14.7. The number of hydrogen-bond acceptors (Lipinski definition) is 5. The summed E-state index contributed by atoms with van der Waals surface area (Å²) in [5.41, 5.74) is 1.44. The fourth-order valence-corrected chi connectivity index (χ4v) is 4.38. The lowest BCUT2D eigenvalue weighted by Crippen LogP contribution is -2.29. The van der Waals surface area contributed by atoms with Crippen molar-refractivity contribution in [3.63, 3.8) is 0 Å².